The molecule has 1 heterocycles. The second kappa shape index (κ2) is 4.56. The van der Waals surface area contributed by atoms with E-state index in [1.807, 2.05) is 0 Å². The number of nitrogens with one attached hydrogen (secondary N) is 2. The Kier molecular flexibility index (Phi) is 2.95. The third kappa shape index (κ3) is 2.36. The van der Waals surface area contributed by atoms with Gasteiger partial charge in [0.1, 0.15) is 11.4 Å². The summed E-state index contributed by atoms with van der Waals surface area (Å²) in [5.41, 5.74) is 7.11. The standard InChI is InChI=1S/C11H12N4O2/c1-17-10-4-7(2-3-8(10)12)15-11(16)9-5-13-6-14-9/h2-6H,12H2,1H3,(H,13,14)(H,15,16). The molecule has 0 bridgehead atoms. The van der Waals surface area contributed by atoms with Crippen molar-refractivity contribution in [3.63, 3.8) is 0 Å². The third-order valence-corrected chi connectivity index (χ3v) is 2.22. The fraction of sp³-hybridized carbons (Fsp3) is 0.0909. The maximum Gasteiger partial charge on any atom is 0.275 e. The average molecular weight is 232 g/mol. The predicted octanol–water partition coefficient (Wildman–Crippen LogP) is 1.25. The molecule has 4 N–H and O–H groups in total. The molecule has 1 aromatic carbocycles. The van der Waals surface area contributed by atoms with Crippen molar-refractivity contribution >= 4 is 17.3 Å². The van der Waals surface area contributed by atoms with Crippen LogP contribution in [0.1, 0.15) is 10.5 Å². The Bertz CT molecular complexity index is 522. The lowest BCUT2D eigenvalue weighted by Gasteiger charge is -2.08. The zero-order valence-corrected chi connectivity index (χ0v) is 9.23. The first-order chi connectivity index (χ1) is 8.20. The van der Waals surface area contributed by atoms with Gasteiger partial charge < -0.3 is 20.8 Å². The van der Waals surface area contributed by atoms with E-state index in [1.54, 1.807) is 18.2 Å². The summed E-state index contributed by atoms with van der Waals surface area (Å²) in [5, 5.41) is 2.69. The SMILES string of the molecule is COc1cc(NC(=O)c2c[nH]cn2)ccc1N. The van der Waals surface area contributed by atoms with Crippen LogP contribution in [0.25, 0.3) is 0 Å². The van der Waals surface area contributed by atoms with E-state index in [1.165, 1.54) is 19.6 Å². The van der Waals surface area contributed by atoms with Crippen LogP contribution >= 0.6 is 0 Å². The zero-order chi connectivity index (χ0) is 12.3. The number of ether oxygens (including phenoxy) is 1. The van der Waals surface area contributed by atoms with Crippen molar-refractivity contribution in [1.82, 2.24) is 9.97 Å². The number of methoxy groups -OCH3 is 1. The maximum absolute atomic E-state index is 11.7. The summed E-state index contributed by atoms with van der Waals surface area (Å²) in [6.07, 6.45) is 2.96. The molecule has 0 spiro atoms. The minimum Gasteiger partial charge on any atom is -0.495 e. The summed E-state index contributed by atoms with van der Waals surface area (Å²) in [5.74, 6) is 0.225. The van der Waals surface area contributed by atoms with Crippen LogP contribution in [0.3, 0.4) is 0 Å². The summed E-state index contributed by atoms with van der Waals surface area (Å²) in [4.78, 5) is 18.3. The van der Waals surface area contributed by atoms with Crippen LogP contribution in [0.4, 0.5) is 11.4 Å². The smallest absolute Gasteiger partial charge is 0.275 e. The molecule has 0 radical (unpaired) electrons. The second-order valence-corrected chi connectivity index (χ2v) is 3.37. The molecule has 2 aromatic rings. The van der Waals surface area contributed by atoms with Crippen molar-refractivity contribution in [3.8, 4) is 5.75 Å². The molecule has 0 saturated heterocycles. The first-order valence-electron chi connectivity index (χ1n) is 4.94. The first-order valence-corrected chi connectivity index (χ1v) is 4.94. The maximum atomic E-state index is 11.7. The Hall–Kier alpha value is -2.50. The van der Waals surface area contributed by atoms with Crippen LogP contribution in [0.2, 0.25) is 0 Å². The highest BCUT2D eigenvalue weighted by Crippen LogP contribution is 2.25. The molecule has 0 aliphatic heterocycles. The van der Waals surface area contributed by atoms with E-state index >= 15 is 0 Å². The fourth-order valence-electron chi connectivity index (χ4n) is 1.37. The number of aromatic amines is 1. The molecular weight excluding hydrogens is 220 g/mol. The Morgan fingerprint density at radius 3 is 3.00 bits per heavy atom. The lowest BCUT2D eigenvalue weighted by atomic mass is 10.2. The Morgan fingerprint density at radius 2 is 2.35 bits per heavy atom. The molecule has 0 saturated carbocycles. The number of amides is 1. The molecule has 0 aliphatic carbocycles. The number of H-pyrrole nitrogens is 1. The number of benzene rings is 1. The second-order valence-electron chi connectivity index (χ2n) is 3.37. The Balaban J connectivity index is 2.16. The summed E-state index contributed by atoms with van der Waals surface area (Å²) >= 11 is 0. The van der Waals surface area contributed by atoms with Crippen LogP contribution in [0.15, 0.2) is 30.7 Å². The van der Waals surface area contributed by atoms with Gasteiger partial charge in [-0.1, -0.05) is 0 Å². The highest BCUT2D eigenvalue weighted by atomic mass is 16.5. The molecule has 1 aromatic heterocycles. The highest BCUT2D eigenvalue weighted by molar-refractivity contribution is 6.02. The van der Waals surface area contributed by atoms with Gasteiger partial charge in [0.2, 0.25) is 0 Å². The van der Waals surface area contributed by atoms with Gasteiger partial charge in [-0.3, -0.25) is 4.79 Å². The number of carbonyl (C=O) groups excluding carboxylic acids is 1. The summed E-state index contributed by atoms with van der Waals surface area (Å²) in [7, 11) is 1.52. The molecule has 17 heavy (non-hydrogen) atoms. The first kappa shape index (κ1) is 11.0. The Labute approximate surface area is 97.8 Å². The van der Waals surface area contributed by atoms with E-state index in [0.29, 0.717) is 22.8 Å². The van der Waals surface area contributed by atoms with E-state index in [0.717, 1.165) is 0 Å². The topological polar surface area (TPSA) is 93.0 Å². The number of carbonyl (C=O) groups is 1. The highest BCUT2D eigenvalue weighted by Gasteiger charge is 2.09. The number of hydrogen-bond donors (Lipinski definition) is 3. The number of nitrogens with two attached hydrogens (primary N) is 1. The number of hydrogen-bond acceptors (Lipinski definition) is 4. The van der Waals surface area contributed by atoms with Gasteiger partial charge in [0, 0.05) is 18.0 Å². The van der Waals surface area contributed by atoms with Gasteiger partial charge >= 0.3 is 0 Å². The number of anilines is 2. The summed E-state index contributed by atoms with van der Waals surface area (Å²) in [6, 6.07) is 5.02. The van der Waals surface area contributed by atoms with Crippen LogP contribution in [0.5, 0.6) is 5.75 Å². The van der Waals surface area contributed by atoms with Crippen molar-refractivity contribution in [2.45, 2.75) is 0 Å². The lowest BCUT2D eigenvalue weighted by Crippen LogP contribution is -2.12. The van der Waals surface area contributed by atoms with E-state index in [-0.39, 0.29) is 5.91 Å². The van der Waals surface area contributed by atoms with Gasteiger partial charge in [-0.2, -0.15) is 0 Å². The van der Waals surface area contributed by atoms with Gasteiger partial charge in [0.15, 0.2) is 0 Å². The molecule has 1 amide bonds. The molecule has 0 unspecified atom stereocenters. The average Bonchev–Trinajstić information content (AvgIpc) is 2.85. The van der Waals surface area contributed by atoms with Gasteiger partial charge in [-0.15, -0.1) is 0 Å². The van der Waals surface area contributed by atoms with E-state index in [9.17, 15) is 4.79 Å². The molecule has 6 nitrogen and oxygen atoms in total. The molecule has 88 valence electrons. The quantitative estimate of drug-likeness (QED) is 0.694. The fourth-order valence-corrected chi connectivity index (χ4v) is 1.37. The van der Waals surface area contributed by atoms with E-state index in [2.05, 4.69) is 15.3 Å². The van der Waals surface area contributed by atoms with Crippen molar-refractivity contribution in [2.75, 3.05) is 18.2 Å². The normalized spacial score (nSPS) is 9.94. The van der Waals surface area contributed by atoms with E-state index < -0.39 is 0 Å². The van der Waals surface area contributed by atoms with Crippen molar-refractivity contribution < 1.29 is 9.53 Å². The number of aromatic nitrogens is 2. The third-order valence-electron chi connectivity index (χ3n) is 2.22. The van der Waals surface area contributed by atoms with Crippen molar-refractivity contribution in [1.29, 1.82) is 0 Å². The van der Waals surface area contributed by atoms with Crippen molar-refractivity contribution in [3.05, 3.63) is 36.4 Å². The largest absolute Gasteiger partial charge is 0.495 e. The summed E-state index contributed by atoms with van der Waals surface area (Å²) < 4.78 is 5.06. The minimum atomic E-state index is -0.293. The van der Waals surface area contributed by atoms with Crippen LogP contribution in [-0.4, -0.2) is 23.0 Å². The zero-order valence-electron chi connectivity index (χ0n) is 9.23. The number of imidazole rings is 1. The number of nitrogens with zero attached hydrogens (tertiary/aromatic N) is 1. The molecule has 2 rings (SSSR count). The van der Waals surface area contributed by atoms with Gasteiger partial charge in [0.05, 0.1) is 19.1 Å². The van der Waals surface area contributed by atoms with Crippen LogP contribution < -0.4 is 15.8 Å². The summed E-state index contributed by atoms with van der Waals surface area (Å²) in [6.45, 7) is 0. The number of nitrogen functional groups attached to an aromatic ring is 1. The predicted molar refractivity (Wildman–Crippen MR) is 63.9 cm³/mol. The molecule has 0 aliphatic rings. The van der Waals surface area contributed by atoms with Crippen LogP contribution in [0, 0.1) is 0 Å². The molecular formula is C11H12N4O2. The monoisotopic (exact) mass is 232 g/mol. The van der Waals surface area contributed by atoms with E-state index in [4.69, 9.17) is 10.5 Å². The molecule has 6 heteroatoms. The number of rotatable bonds is 3. The minimum absolute atomic E-state index is 0.293. The van der Waals surface area contributed by atoms with Gasteiger partial charge in [0.25, 0.3) is 5.91 Å². The lowest BCUT2D eigenvalue weighted by molar-refractivity contribution is 0.102. The Morgan fingerprint density at radius 1 is 1.53 bits per heavy atom. The van der Waals surface area contributed by atoms with Gasteiger partial charge in [-0.25, -0.2) is 4.98 Å². The molecule has 0 fully saturated rings. The van der Waals surface area contributed by atoms with Crippen molar-refractivity contribution in [2.24, 2.45) is 0 Å². The molecule has 0 atom stereocenters. The van der Waals surface area contributed by atoms with Gasteiger partial charge in [-0.05, 0) is 12.1 Å². The van der Waals surface area contributed by atoms with Crippen LogP contribution in [-0.2, 0) is 0 Å².